The van der Waals surface area contributed by atoms with Crippen LogP contribution in [0.3, 0.4) is 0 Å². The van der Waals surface area contributed by atoms with Crippen LogP contribution in [-0.4, -0.2) is 46.7 Å². The smallest absolute Gasteiger partial charge is 0.378 e. The summed E-state index contributed by atoms with van der Waals surface area (Å²) in [6.45, 7) is 3.52. The van der Waals surface area contributed by atoms with E-state index in [4.69, 9.17) is 4.74 Å². The molecule has 3 heterocycles. The van der Waals surface area contributed by atoms with Crippen LogP contribution in [0, 0.1) is 11.8 Å². The lowest BCUT2D eigenvalue weighted by Gasteiger charge is -2.30. The van der Waals surface area contributed by atoms with Crippen molar-refractivity contribution in [1.82, 2.24) is 14.5 Å². The number of nitrogens with zero attached hydrogens (tertiary/aromatic N) is 3. The highest BCUT2D eigenvalue weighted by molar-refractivity contribution is 5.79. The van der Waals surface area contributed by atoms with Gasteiger partial charge in [-0.1, -0.05) is 0 Å². The Morgan fingerprint density at radius 1 is 1.46 bits per heavy atom. The molecule has 1 saturated heterocycles. The molecule has 2 aliphatic heterocycles. The van der Waals surface area contributed by atoms with Crippen LogP contribution in [-0.2, 0) is 28.7 Å². The Morgan fingerprint density at radius 3 is 2.83 bits per heavy atom. The van der Waals surface area contributed by atoms with Crippen molar-refractivity contribution in [2.75, 3.05) is 20.2 Å². The molecule has 0 bridgehead atoms. The molecular weight excluding hydrogens is 323 g/mol. The molecule has 8 heteroatoms. The minimum Gasteiger partial charge on any atom is -0.378 e. The first kappa shape index (κ1) is 17.3. The summed E-state index contributed by atoms with van der Waals surface area (Å²) in [5.74, 6) is 0.566. The largest absolute Gasteiger partial charge is 0.434 e. The lowest BCUT2D eigenvalue weighted by atomic mass is 9.97. The molecule has 5 nitrogen and oxygen atoms in total. The third-order valence-corrected chi connectivity index (χ3v) is 4.98. The van der Waals surface area contributed by atoms with E-state index in [2.05, 4.69) is 4.98 Å². The molecule has 0 saturated carbocycles. The van der Waals surface area contributed by atoms with E-state index in [1.54, 1.807) is 16.5 Å². The van der Waals surface area contributed by atoms with Crippen LogP contribution in [0.5, 0.6) is 0 Å². The van der Waals surface area contributed by atoms with Gasteiger partial charge in [-0.3, -0.25) is 4.79 Å². The van der Waals surface area contributed by atoms with Gasteiger partial charge in [0.25, 0.3) is 0 Å². The van der Waals surface area contributed by atoms with E-state index in [9.17, 15) is 18.0 Å². The van der Waals surface area contributed by atoms with Crippen LogP contribution in [0.25, 0.3) is 0 Å². The Bertz CT molecular complexity index is 614. The summed E-state index contributed by atoms with van der Waals surface area (Å²) >= 11 is 0. The van der Waals surface area contributed by atoms with Crippen molar-refractivity contribution in [3.8, 4) is 0 Å². The molecule has 0 aromatic carbocycles. The van der Waals surface area contributed by atoms with Crippen LogP contribution >= 0.6 is 0 Å². The number of aryl methyl sites for hydroxylation is 1. The fourth-order valence-electron chi connectivity index (χ4n) is 3.62. The number of carbonyl (C=O) groups excluding carboxylic acids is 1. The zero-order chi connectivity index (χ0) is 17.5. The lowest BCUT2D eigenvalue weighted by molar-refractivity contribution is -0.141. The number of rotatable bonds is 3. The van der Waals surface area contributed by atoms with E-state index in [0.29, 0.717) is 31.9 Å². The summed E-state index contributed by atoms with van der Waals surface area (Å²) in [5, 5.41) is 0. The zero-order valence-corrected chi connectivity index (χ0v) is 13.8. The Labute approximate surface area is 138 Å². The van der Waals surface area contributed by atoms with Crippen molar-refractivity contribution in [3.05, 3.63) is 17.7 Å². The van der Waals surface area contributed by atoms with Gasteiger partial charge in [0, 0.05) is 39.4 Å². The quantitative estimate of drug-likeness (QED) is 0.845. The van der Waals surface area contributed by atoms with Crippen molar-refractivity contribution < 1.29 is 22.7 Å². The molecule has 3 rings (SSSR count). The first-order chi connectivity index (χ1) is 11.3. The van der Waals surface area contributed by atoms with Gasteiger partial charge in [0.05, 0.1) is 12.0 Å². The second-order valence-corrected chi connectivity index (χ2v) is 6.79. The van der Waals surface area contributed by atoms with E-state index in [1.165, 1.54) is 0 Å². The highest BCUT2D eigenvalue weighted by Crippen LogP contribution is 2.31. The third-order valence-electron chi connectivity index (χ3n) is 4.98. The fourth-order valence-corrected chi connectivity index (χ4v) is 3.62. The average Bonchev–Trinajstić information content (AvgIpc) is 3.11. The Balaban J connectivity index is 1.61. The molecule has 134 valence electrons. The molecule has 0 N–H and O–H groups in total. The monoisotopic (exact) mass is 345 g/mol. The maximum absolute atomic E-state index is 12.8. The summed E-state index contributed by atoms with van der Waals surface area (Å²) in [5.41, 5.74) is -0.834. The van der Waals surface area contributed by atoms with Gasteiger partial charge in [-0.2, -0.15) is 13.2 Å². The molecule has 1 fully saturated rings. The zero-order valence-electron chi connectivity index (χ0n) is 13.8. The summed E-state index contributed by atoms with van der Waals surface area (Å²) in [7, 11) is 1.76. The van der Waals surface area contributed by atoms with Crippen molar-refractivity contribution in [1.29, 1.82) is 0 Å². The number of hydrogen-bond acceptors (Lipinski definition) is 3. The molecule has 3 atom stereocenters. The number of amides is 1. The molecule has 1 aromatic heterocycles. The minimum absolute atomic E-state index is 0.0624. The molecule has 1 amide bonds. The van der Waals surface area contributed by atoms with E-state index in [1.807, 2.05) is 6.92 Å². The molecule has 0 aliphatic carbocycles. The first-order valence-electron chi connectivity index (χ1n) is 8.25. The minimum atomic E-state index is -4.41. The molecule has 0 radical (unpaired) electrons. The first-order valence-corrected chi connectivity index (χ1v) is 8.25. The number of fused-ring (bicyclic) bond motifs is 1. The summed E-state index contributed by atoms with van der Waals surface area (Å²) < 4.78 is 45.3. The second kappa shape index (κ2) is 6.38. The van der Waals surface area contributed by atoms with Crippen LogP contribution < -0.4 is 0 Å². The summed E-state index contributed by atoms with van der Waals surface area (Å²) in [6, 6.07) is 0. The Morgan fingerprint density at radius 2 is 2.21 bits per heavy atom. The van der Waals surface area contributed by atoms with Gasteiger partial charge in [-0.05, 0) is 25.7 Å². The number of ether oxygens (including phenoxy) is 1. The molecule has 2 aliphatic rings. The van der Waals surface area contributed by atoms with Gasteiger partial charge in [0.2, 0.25) is 5.91 Å². The number of aromatic nitrogens is 2. The van der Waals surface area contributed by atoms with Gasteiger partial charge >= 0.3 is 6.18 Å². The van der Waals surface area contributed by atoms with Gasteiger partial charge in [-0.15, -0.1) is 0 Å². The van der Waals surface area contributed by atoms with E-state index in [-0.39, 0.29) is 23.8 Å². The highest BCUT2D eigenvalue weighted by atomic mass is 19.4. The summed E-state index contributed by atoms with van der Waals surface area (Å²) in [4.78, 5) is 17.9. The SMILES string of the molecule is C[C@@H]1OCC[C@H]1C(=O)N(C)C[C@@H]1CCc2nc(C(F)(F)F)cn2C1. The van der Waals surface area contributed by atoms with E-state index >= 15 is 0 Å². The standard InChI is InChI=1S/C16H22F3N3O2/c1-10-12(5-6-24-10)15(23)21(2)7-11-3-4-14-20-13(16(17,18)19)9-22(14)8-11/h9-12H,3-8H2,1-2H3/t10-,11-,12+/m0/s1. The van der Waals surface area contributed by atoms with Crippen molar-refractivity contribution in [2.45, 2.75) is 45.0 Å². The lowest BCUT2D eigenvalue weighted by Crippen LogP contribution is -2.40. The van der Waals surface area contributed by atoms with Crippen molar-refractivity contribution >= 4 is 5.91 Å². The normalized spacial score (nSPS) is 27.1. The van der Waals surface area contributed by atoms with Crippen LogP contribution in [0.2, 0.25) is 0 Å². The number of hydrogen-bond donors (Lipinski definition) is 0. The van der Waals surface area contributed by atoms with Crippen LogP contribution in [0.1, 0.15) is 31.3 Å². The Kier molecular flexibility index (Phi) is 4.59. The molecular formula is C16H22F3N3O2. The predicted molar refractivity (Wildman–Crippen MR) is 80.2 cm³/mol. The average molecular weight is 345 g/mol. The maximum atomic E-state index is 12.8. The van der Waals surface area contributed by atoms with Gasteiger partial charge in [-0.25, -0.2) is 4.98 Å². The molecule has 0 spiro atoms. The van der Waals surface area contributed by atoms with Crippen LogP contribution in [0.4, 0.5) is 13.2 Å². The van der Waals surface area contributed by atoms with Crippen LogP contribution in [0.15, 0.2) is 6.20 Å². The highest BCUT2D eigenvalue weighted by Gasteiger charge is 2.37. The van der Waals surface area contributed by atoms with Gasteiger partial charge < -0.3 is 14.2 Å². The maximum Gasteiger partial charge on any atom is 0.434 e. The van der Waals surface area contributed by atoms with Gasteiger partial charge in [0.1, 0.15) is 5.82 Å². The number of alkyl halides is 3. The molecule has 0 unspecified atom stereocenters. The topological polar surface area (TPSA) is 47.4 Å². The Hall–Kier alpha value is -1.57. The fraction of sp³-hybridized carbons (Fsp3) is 0.750. The van der Waals surface area contributed by atoms with E-state index in [0.717, 1.165) is 19.0 Å². The van der Waals surface area contributed by atoms with Crippen molar-refractivity contribution in [3.63, 3.8) is 0 Å². The predicted octanol–water partition coefficient (Wildman–Crippen LogP) is 2.35. The van der Waals surface area contributed by atoms with Crippen molar-refractivity contribution in [2.24, 2.45) is 11.8 Å². The number of carbonyl (C=O) groups is 1. The number of imidazole rings is 1. The van der Waals surface area contributed by atoms with Gasteiger partial charge in [0.15, 0.2) is 5.69 Å². The second-order valence-electron chi connectivity index (χ2n) is 6.79. The number of halogens is 3. The molecule has 1 aromatic rings. The van der Waals surface area contributed by atoms with E-state index < -0.39 is 11.9 Å². The summed E-state index contributed by atoms with van der Waals surface area (Å²) in [6.07, 6.45) is -1.42. The molecule has 24 heavy (non-hydrogen) atoms. The third kappa shape index (κ3) is 3.43.